The van der Waals surface area contributed by atoms with Crippen molar-refractivity contribution >= 4 is 7.85 Å². The topological polar surface area (TPSA) is 40.5 Å². The Labute approximate surface area is 98.0 Å². The number of para-hydroxylation sites is 1. The van der Waals surface area contributed by atoms with E-state index in [2.05, 4.69) is 0 Å². The quantitative estimate of drug-likeness (QED) is 0.436. The molecule has 2 radical (unpaired) electrons. The molecule has 16 heavy (non-hydrogen) atoms. The molecule has 84 valence electrons. The number of hydrogen-bond acceptors (Lipinski definition) is 2. The van der Waals surface area contributed by atoms with E-state index in [4.69, 9.17) is 7.85 Å². The lowest BCUT2D eigenvalue weighted by Crippen LogP contribution is -1.97. The van der Waals surface area contributed by atoms with E-state index < -0.39 is 6.10 Å². The number of phenolic OH excluding ortho intramolecular Hbond substituents is 1. The van der Waals surface area contributed by atoms with E-state index in [-0.39, 0.29) is 5.75 Å². The lowest BCUT2D eigenvalue weighted by atomic mass is 10.0. The molecule has 0 saturated carbocycles. The Hall–Kier alpha value is -1.22. The maximum Gasteiger partial charge on any atom is 0.121 e. The fraction of sp³-hybridized carbons (Fsp3) is 0.385. The lowest BCUT2D eigenvalue weighted by molar-refractivity contribution is 0.161. The molecule has 0 saturated heterocycles. The Morgan fingerprint density at radius 1 is 1.25 bits per heavy atom. The number of allylic oxidation sites excluding steroid dienone is 2. The minimum atomic E-state index is -0.590. The van der Waals surface area contributed by atoms with Gasteiger partial charge in [0.25, 0.3) is 0 Å². The molecule has 0 heterocycles. The third-order valence-corrected chi connectivity index (χ3v) is 2.45. The normalized spacial score (nSPS) is 13.1. The van der Waals surface area contributed by atoms with Crippen LogP contribution in [0.3, 0.4) is 0 Å². The molecule has 2 N–H and O–H groups in total. The van der Waals surface area contributed by atoms with Gasteiger partial charge in [-0.05, 0) is 25.3 Å². The van der Waals surface area contributed by atoms with Crippen LogP contribution in [0.15, 0.2) is 36.4 Å². The first-order valence-corrected chi connectivity index (χ1v) is 5.56. The molecule has 0 spiro atoms. The summed E-state index contributed by atoms with van der Waals surface area (Å²) < 4.78 is 0. The molecular weight excluding hydrogens is 199 g/mol. The van der Waals surface area contributed by atoms with Gasteiger partial charge in [-0.2, -0.15) is 0 Å². The third-order valence-electron chi connectivity index (χ3n) is 2.45. The Balaban J connectivity index is 2.38. The Bertz CT molecular complexity index is 336. The average molecular weight is 216 g/mol. The molecule has 3 heteroatoms. The van der Waals surface area contributed by atoms with Crippen molar-refractivity contribution in [2.45, 2.75) is 31.7 Å². The van der Waals surface area contributed by atoms with Crippen LogP contribution in [0.1, 0.15) is 30.9 Å². The molecule has 0 aromatic heterocycles. The van der Waals surface area contributed by atoms with Crippen LogP contribution in [0.4, 0.5) is 0 Å². The molecule has 0 bridgehead atoms. The van der Waals surface area contributed by atoms with Crippen LogP contribution < -0.4 is 0 Å². The first-order chi connectivity index (χ1) is 7.75. The highest BCUT2D eigenvalue weighted by atomic mass is 16.3. The predicted octanol–water partition coefficient (Wildman–Crippen LogP) is 2.74. The van der Waals surface area contributed by atoms with Crippen LogP contribution in [0.5, 0.6) is 5.75 Å². The Kier molecular flexibility index (Phi) is 5.72. The summed E-state index contributed by atoms with van der Waals surface area (Å²) in [5.74, 6) is 0.160. The molecule has 0 aliphatic carbocycles. The maximum absolute atomic E-state index is 9.85. The van der Waals surface area contributed by atoms with Gasteiger partial charge in [0, 0.05) is 5.56 Å². The second kappa shape index (κ2) is 7.12. The monoisotopic (exact) mass is 216 g/mol. The molecule has 1 unspecified atom stereocenters. The highest BCUT2D eigenvalue weighted by molar-refractivity contribution is 6.09. The zero-order valence-corrected chi connectivity index (χ0v) is 9.34. The number of hydrogen-bond donors (Lipinski definition) is 2. The molecule has 1 atom stereocenters. The van der Waals surface area contributed by atoms with Gasteiger partial charge < -0.3 is 10.2 Å². The van der Waals surface area contributed by atoms with E-state index in [1.165, 1.54) is 0 Å². The largest absolute Gasteiger partial charge is 0.508 e. The van der Waals surface area contributed by atoms with E-state index in [0.29, 0.717) is 18.3 Å². The van der Waals surface area contributed by atoms with Gasteiger partial charge in [-0.3, -0.25) is 0 Å². The molecule has 1 rings (SSSR count). The fourth-order valence-corrected chi connectivity index (χ4v) is 1.57. The standard InChI is InChI=1S/C13H17BO2/c14-10-6-2-1-3-8-12(15)11-7-4-5-9-13(11)16/h2,4-7,9,12,15-16H,1,3,8,10H2. The highest BCUT2D eigenvalue weighted by Gasteiger charge is 2.10. The van der Waals surface area contributed by atoms with E-state index in [9.17, 15) is 10.2 Å². The van der Waals surface area contributed by atoms with Gasteiger partial charge in [-0.1, -0.05) is 36.7 Å². The van der Waals surface area contributed by atoms with Crippen molar-refractivity contribution in [2.75, 3.05) is 0 Å². The molecule has 0 amide bonds. The van der Waals surface area contributed by atoms with Gasteiger partial charge in [0.15, 0.2) is 0 Å². The van der Waals surface area contributed by atoms with Crippen molar-refractivity contribution in [2.24, 2.45) is 0 Å². The number of aliphatic hydroxyl groups excluding tert-OH is 1. The van der Waals surface area contributed by atoms with Crippen LogP contribution >= 0.6 is 0 Å². The van der Waals surface area contributed by atoms with Crippen LogP contribution in [-0.4, -0.2) is 18.1 Å². The van der Waals surface area contributed by atoms with Gasteiger partial charge in [0.05, 0.1) is 14.0 Å². The van der Waals surface area contributed by atoms with Crippen molar-refractivity contribution in [1.29, 1.82) is 0 Å². The molecule has 0 aliphatic rings. The lowest BCUT2D eigenvalue weighted by Gasteiger charge is -2.11. The summed E-state index contributed by atoms with van der Waals surface area (Å²) in [5, 5.41) is 19.4. The molecule has 1 aromatic carbocycles. The van der Waals surface area contributed by atoms with Crippen LogP contribution in [0.25, 0.3) is 0 Å². The van der Waals surface area contributed by atoms with E-state index >= 15 is 0 Å². The SMILES string of the molecule is [B]CC=CCCCC(O)c1ccccc1O. The van der Waals surface area contributed by atoms with E-state index in [1.54, 1.807) is 18.2 Å². The van der Waals surface area contributed by atoms with Gasteiger partial charge in [0.1, 0.15) is 5.75 Å². The van der Waals surface area contributed by atoms with Crippen molar-refractivity contribution in [3.05, 3.63) is 42.0 Å². The van der Waals surface area contributed by atoms with Crippen molar-refractivity contribution < 1.29 is 10.2 Å². The Morgan fingerprint density at radius 2 is 2.00 bits per heavy atom. The Morgan fingerprint density at radius 3 is 2.69 bits per heavy atom. The predicted molar refractivity (Wildman–Crippen MR) is 66.6 cm³/mol. The summed E-state index contributed by atoms with van der Waals surface area (Å²) in [6.07, 6.45) is 6.32. The second-order valence-corrected chi connectivity index (χ2v) is 3.71. The van der Waals surface area contributed by atoms with Crippen molar-refractivity contribution in [3.8, 4) is 5.75 Å². The summed E-state index contributed by atoms with van der Waals surface area (Å²) >= 11 is 0. The van der Waals surface area contributed by atoms with Gasteiger partial charge in [0.2, 0.25) is 0 Å². The fourth-order valence-electron chi connectivity index (χ4n) is 1.57. The minimum Gasteiger partial charge on any atom is -0.508 e. The smallest absolute Gasteiger partial charge is 0.121 e. The third kappa shape index (κ3) is 4.11. The molecule has 2 nitrogen and oxygen atoms in total. The van der Waals surface area contributed by atoms with Crippen LogP contribution in [-0.2, 0) is 0 Å². The average Bonchev–Trinajstić information content (AvgIpc) is 2.29. The van der Waals surface area contributed by atoms with Crippen molar-refractivity contribution in [3.63, 3.8) is 0 Å². The van der Waals surface area contributed by atoms with E-state index in [0.717, 1.165) is 12.8 Å². The molecular formula is C13H17BO2. The number of benzene rings is 1. The maximum atomic E-state index is 9.85. The number of aliphatic hydroxyl groups is 1. The van der Waals surface area contributed by atoms with Gasteiger partial charge in [-0.15, -0.1) is 0 Å². The second-order valence-electron chi connectivity index (χ2n) is 3.71. The number of phenols is 1. The summed E-state index contributed by atoms with van der Waals surface area (Å²) in [5.41, 5.74) is 0.602. The highest BCUT2D eigenvalue weighted by Crippen LogP contribution is 2.26. The zero-order valence-electron chi connectivity index (χ0n) is 9.34. The first-order valence-electron chi connectivity index (χ1n) is 5.56. The van der Waals surface area contributed by atoms with E-state index in [1.807, 2.05) is 18.2 Å². The summed E-state index contributed by atoms with van der Waals surface area (Å²) in [6.45, 7) is 0. The number of rotatable bonds is 6. The zero-order chi connectivity index (χ0) is 11.8. The minimum absolute atomic E-state index is 0.160. The van der Waals surface area contributed by atoms with Crippen LogP contribution in [0, 0.1) is 0 Å². The first kappa shape index (κ1) is 12.9. The molecule has 0 aliphatic heterocycles. The summed E-state index contributed by atoms with van der Waals surface area (Å²) in [7, 11) is 5.31. The molecule has 0 fully saturated rings. The summed E-state index contributed by atoms with van der Waals surface area (Å²) in [4.78, 5) is 0. The van der Waals surface area contributed by atoms with Gasteiger partial charge in [-0.25, -0.2) is 0 Å². The molecule has 1 aromatic rings. The van der Waals surface area contributed by atoms with Crippen LogP contribution in [0.2, 0.25) is 6.32 Å². The number of aromatic hydroxyl groups is 1. The van der Waals surface area contributed by atoms with Gasteiger partial charge >= 0.3 is 0 Å². The summed E-state index contributed by atoms with van der Waals surface area (Å²) in [6, 6.07) is 6.89. The van der Waals surface area contributed by atoms with Crippen molar-refractivity contribution in [1.82, 2.24) is 0 Å². The number of unbranched alkanes of at least 4 members (excludes halogenated alkanes) is 1.